The first-order valence-corrected chi connectivity index (χ1v) is 10.4. The Labute approximate surface area is 186 Å². The predicted octanol–water partition coefficient (Wildman–Crippen LogP) is -6.08. The normalized spacial score (nSPS) is 22.8. The van der Waals surface area contributed by atoms with Gasteiger partial charge in [0.15, 0.2) is 12.8 Å². The van der Waals surface area contributed by atoms with Gasteiger partial charge in [0, 0.05) is 5.56 Å². The van der Waals surface area contributed by atoms with Crippen molar-refractivity contribution in [3.05, 3.63) is 48.3 Å². The van der Waals surface area contributed by atoms with Gasteiger partial charge in [-0.2, -0.15) is 0 Å². The van der Waals surface area contributed by atoms with Crippen molar-refractivity contribution >= 4 is 17.0 Å². The van der Waals surface area contributed by atoms with Gasteiger partial charge in [-0.25, -0.2) is 28.0 Å². The number of benzene rings is 1. The summed E-state index contributed by atoms with van der Waals surface area (Å²) in [5.74, 6) is -0.281. The topological polar surface area (TPSA) is 232 Å². The molecule has 0 amide bonds. The Morgan fingerprint density at radius 3 is 2.45 bits per heavy atom. The first kappa shape index (κ1) is 24.9. The second-order valence-electron chi connectivity index (χ2n) is 6.75. The van der Waals surface area contributed by atoms with Gasteiger partial charge >= 0.3 is 0 Å². The molecule has 0 bridgehead atoms. The summed E-state index contributed by atoms with van der Waals surface area (Å²) in [6.07, 6.45) is -1.79. The molecule has 1 saturated heterocycles. The van der Waals surface area contributed by atoms with Crippen LogP contribution in [0.15, 0.2) is 36.9 Å². The fourth-order valence-electron chi connectivity index (χ4n) is 3.09. The molecule has 3 aromatic rings. The maximum atomic E-state index is 13.7. The largest absolute Gasteiger partial charge is 0.394 e. The second-order valence-corrected chi connectivity index (χ2v) is 7.51. The zero-order valence-electron chi connectivity index (χ0n) is 16.6. The summed E-state index contributed by atoms with van der Waals surface area (Å²) in [5.41, 5.74) is 7.00. The lowest BCUT2D eigenvalue weighted by Gasteiger charge is -2.17. The molecule has 0 aliphatic carbocycles. The van der Waals surface area contributed by atoms with E-state index in [-0.39, 0.29) is 23.6 Å². The number of imidazole rings is 1. The third-order valence-corrected chi connectivity index (χ3v) is 4.64. The van der Waals surface area contributed by atoms with E-state index < -0.39 is 47.2 Å². The van der Waals surface area contributed by atoms with Crippen molar-refractivity contribution in [1.29, 1.82) is 0 Å². The molecule has 3 heterocycles. The highest BCUT2D eigenvalue weighted by Gasteiger charge is 2.44. The summed E-state index contributed by atoms with van der Waals surface area (Å²) in [6.45, 7) is -0.509. The Bertz CT molecular complexity index is 1090. The molecule has 180 valence electrons. The van der Waals surface area contributed by atoms with Crippen molar-refractivity contribution in [2.75, 3.05) is 12.3 Å². The fourth-order valence-corrected chi connectivity index (χ4v) is 3.09. The van der Waals surface area contributed by atoms with Gasteiger partial charge in [-0.1, -0.05) is 27.9 Å². The van der Waals surface area contributed by atoms with E-state index in [1.165, 1.54) is 28.0 Å². The number of nitrogens with zero attached hydrogens (tertiary/aromatic N) is 4. The number of anilines is 1. The molecule has 0 radical (unpaired) electrons. The third-order valence-electron chi connectivity index (χ3n) is 4.64. The van der Waals surface area contributed by atoms with Crippen molar-refractivity contribution in [1.82, 2.24) is 14.5 Å². The van der Waals surface area contributed by atoms with Crippen LogP contribution in [-0.2, 0) is 11.3 Å². The molecule has 0 saturated carbocycles. The highest BCUT2D eigenvalue weighted by molar-refractivity contribution is 5.79. The third kappa shape index (κ3) is 5.80. The van der Waals surface area contributed by atoms with Gasteiger partial charge in [0.1, 0.15) is 30.5 Å². The molecule has 4 rings (SSSR count). The Morgan fingerprint density at radius 2 is 1.85 bits per heavy atom. The van der Waals surface area contributed by atoms with Crippen molar-refractivity contribution in [2.45, 2.75) is 31.1 Å². The van der Waals surface area contributed by atoms with E-state index in [1.807, 2.05) is 0 Å². The van der Waals surface area contributed by atoms with Crippen molar-refractivity contribution in [3.8, 4) is 0 Å². The number of aliphatic hydroxyl groups excluding tert-OH is 3. The van der Waals surface area contributed by atoms with Crippen LogP contribution in [0.4, 0.5) is 10.2 Å². The molecular formula is C17H19ClFN5O9. The van der Waals surface area contributed by atoms with E-state index in [2.05, 4.69) is 9.97 Å². The summed E-state index contributed by atoms with van der Waals surface area (Å²) in [4.78, 5) is 13.9. The number of aliphatic hydroxyl groups is 3. The zero-order chi connectivity index (χ0) is 24.3. The van der Waals surface area contributed by atoms with Crippen LogP contribution in [0.2, 0.25) is 0 Å². The quantitative estimate of drug-likeness (QED) is 0.244. The average Bonchev–Trinajstić information content (AvgIpc) is 3.29. The maximum absolute atomic E-state index is 13.7. The first-order valence-electron chi connectivity index (χ1n) is 9.14. The van der Waals surface area contributed by atoms with Crippen LogP contribution in [0.25, 0.3) is 11.2 Å². The van der Waals surface area contributed by atoms with Crippen LogP contribution in [0.1, 0.15) is 11.8 Å². The summed E-state index contributed by atoms with van der Waals surface area (Å²) in [6, 6.07) is 6.20. The molecule has 14 nitrogen and oxygen atoms in total. The van der Waals surface area contributed by atoms with E-state index in [9.17, 15) is 19.7 Å². The number of rotatable bonds is 5. The van der Waals surface area contributed by atoms with Gasteiger partial charge in [0.05, 0.1) is 6.61 Å². The van der Waals surface area contributed by atoms with E-state index in [0.29, 0.717) is 5.56 Å². The fraction of sp³-hybridized carbons (Fsp3) is 0.353. The average molecular weight is 492 g/mol. The molecule has 1 fully saturated rings. The highest BCUT2D eigenvalue weighted by Crippen LogP contribution is 2.31. The van der Waals surface area contributed by atoms with Crippen LogP contribution in [0, 0.1) is 16.1 Å². The van der Waals surface area contributed by atoms with Gasteiger partial charge in [0.25, 0.3) is 12.1 Å². The molecular weight excluding hydrogens is 473 g/mol. The van der Waals surface area contributed by atoms with E-state index in [1.54, 1.807) is 18.2 Å². The lowest BCUT2D eigenvalue weighted by Crippen LogP contribution is -2.68. The molecule has 1 aromatic carbocycles. The molecule has 0 unspecified atom stereocenters. The molecule has 2 aromatic heterocycles. The van der Waals surface area contributed by atoms with E-state index in [4.69, 9.17) is 33.9 Å². The maximum Gasteiger partial charge on any atom is 0.289 e. The van der Waals surface area contributed by atoms with Gasteiger partial charge in [0.2, 0.25) is 11.2 Å². The SMILES string of the molecule is Nc1c2ncn([C@@H]3O[C@H](CO)[C@@H](O)[C@H]3O)c2nc[n+]1OCc1ccccc1F.[O-][Cl+3]([O-])([O-])[O-]. The Morgan fingerprint density at radius 1 is 1.18 bits per heavy atom. The van der Waals surface area contributed by atoms with Crippen molar-refractivity contribution in [3.63, 3.8) is 0 Å². The molecule has 5 N–H and O–H groups in total. The minimum atomic E-state index is -4.94. The van der Waals surface area contributed by atoms with Crippen LogP contribution in [0.3, 0.4) is 0 Å². The second kappa shape index (κ2) is 10.0. The zero-order valence-corrected chi connectivity index (χ0v) is 17.4. The van der Waals surface area contributed by atoms with E-state index >= 15 is 0 Å². The number of ether oxygens (including phenoxy) is 1. The van der Waals surface area contributed by atoms with Gasteiger partial charge in [-0.05, 0) is 6.07 Å². The van der Waals surface area contributed by atoms with Crippen LogP contribution >= 0.6 is 0 Å². The minimum absolute atomic E-state index is 0.0652. The Hall–Kier alpha value is -2.73. The van der Waals surface area contributed by atoms with Crippen molar-refractivity contribution in [2.24, 2.45) is 0 Å². The number of nitrogen functional groups attached to an aromatic ring is 1. The van der Waals surface area contributed by atoms with Gasteiger partial charge in [-0.15, -0.1) is 10.2 Å². The number of aromatic nitrogens is 4. The molecule has 4 atom stereocenters. The lowest BCUT2D eigenvalue weighted by atomic mass is 10.1. The number of hydrogen-bond acceptors (Lipinski definition) is 12. The van der Waals surface area contributed by atoms with Crippen molar-refractivity contribution < 1.29 is 62.9 Å². The monoisotopic (exact) mass is 491 g/mol. The standard InChI is InChI=1S/C17H18FN5O5.ClHO4/c18-10-4-2-1-3-9(10)6-27-23-8-21-16-12(15(23)19)20-7-22(16)17-14(26)13(25)11(5-24)28-17;2-1(3,4)5/h1-4,7-8,11,13-14,17,19,24-26H,5-6H2;(H,2,3,4,5)/t11-,13-,14-,17-;/m1./s1. The molecule has 1 aliphatic heterocycles. The van der Waals surface area contributed by atoms with E-state index in [0.717, 1.165) is 0 Å². The van der Waals surface area contributed by atoms with Crippen LogP contribution in [-0.4, -0.2) is 54.8 Å². The molecule has 0 spiro atoms. The Kier molecular flexibility index (Phi) is 7.58. The number of nitrogens with two attached hydrogens (primary N) is 1. The highest BCUT2D eigenvalue weighted by atomic mass is 35.7. The Balaban J connectivity index is 0.000000555. The van der Waals surface area contributed by atoms with Gasteiger partial charge < -0.3 is 30.6 Å². The predicted molar refractivity (Wildman–Crippen MR) is 91.8 cm³/mol. The van der Waals surface area contributed by atoms with Crippen LogP contribution < -0.4 is 33.9 Å². The first-order chi connectivity index (χ1) is 15.5. The number of halogens is 2. The summed E-state index contributed by atoms with van der Waals surface area (Å²) >= 11 is 0. The minimum Gasteiger partial charge on any atom is -0.394 e. The molecule has 33 heavy (non-hydrogen) atoms. The lowest BCUT2D eigenvalue weighted by molar-refractivity contribution is -2.00. The molecule has 1 aliphatic rings. The summed E-state index contributed by atoms with van der Waals surface area (Å²) < 4.78 is 55.8. The number of hydrogen-bond donors (Lipinski definition) is 4. The number of fused-ring (bicyclic) bond motifs is 1. The summed E-state index contributed by atoms with van der Waals surface area (Å²) in [7, 11) is -4.94. The summed E-state index contributed by atoms with van der Waals surface area (Å²) in [5, 5.41) is 29.4. The molecule has 16 heteroatoms. The van der Waals surface area contributed by atoms with Crippen LogP contribution in [0.5, 0.6) is 0 Å². The smallest absolute Gasteiger partial charge is 0.289 e. The van der Waals surface area contributed by atoms with Gasteiger partial charge in [-0.3, -0.25) is 4.57 Å².